The number of anilines is 1. The van der Waals surface area contributed by atoms with Crippen LogP contribution in [-0.4, -0.2) is 39.7 Å². The maximum absolute atomic E-state index is 12.3. The molecule has 2 aromatic rings. The van der Waals surface area contributed by atoms with Crippen molar-refractivity contribution in [3.63, 3.8) is 0 Å². The van der Waals surface area contributed by atoms with Gasteiger partial charge in [-0.25, -0.2) is 0 Å². The first kappa shape index (κ1) is 15.4. The van der Waals surface area contributed by atoms with E-state index in [9.17, 15) is 4.79 Å². The average Bonchev–Trinajstić information content (AvgIpc) is 2.92. The Hall–Kier alpha value is -1.50. The van der Waals surface area contributed by atoms with Gasteiger partial charge in [-0.05, 0) is 0 Å². The number of carbonyl (C=O) groups excluding carboxylic acids is 1. The van der Waals surface area contributed by atoms with Crippen LogP contribution in [0.4, 0.5) is 10.5 Å². The van der Waals surface area contributed by atoms with Gasteiger partial charge >= 0.3 is 141 Å². The van der Waals surface area contributed by atoms with Crippen LogP contribution in [0, 0.1) is 0 Å². The number of hydrogen-bond donors (Lipinski definition) is 0. The molecule has 2 aromatic carbocycles. The van der Waals surface area contributed by atoms with Gasteiger partial charge in [0, 0.05) is 0 Å². The number of carbonyl (C=O) groups is 1. The van der Waals surface area contributed by atoms with E-state index >= 15 is 0 Å². The first-order valence-electron chi connectivity index (χ1n) is 7.51. The zero-order valence-corrected chi connectivity index (χ0v) is 14.9. The third-order valence-electron chi connectivity index (χ3n) is 3.72. The van der Waals surface area contributed by atoms with Crippen molar-refractivity contribution in [1.29, 1.82) is 0 Å². The molecule has 22 heavy (non-hydrogen) atoms. The van der Waals surface area contributed by atoms with Gasteiger partial charge in [0.15, 0.2) is 0 Å². The number of ether oxygens (including phenoxy) is 1. The van der Waals surface area contributed by atoms with E-state index in [4.69, 9.17) is 4.74 Å². The molecule has 0 radical (unpaired) electrons. The SMILES string of the molecule is CCOC(=O)N1c2ccccc2CC1C[Te]c1ccccc1. The molecular weight excluding hydrogens is 390 g/mol. The summed E-state index contributed by atoms with van der Waals surface area (Å²) < 4.78 is 7.78. The summed E-state index contributed by atoms with van der Waals surface area (Å²) >= 11 is -0.297. The van der Waals surface area contributed by atoms with Crippen LogP contribution in [-0.2, 0) is 11.2 Å². The van der Waals surface area contributed by atoms with E-state index in [2.05, 4.69) is 30.3 Å². The number of nitrogens with zero attached hydrogens (tertiary/aromatic N) is 1. The molecular formula is C18H19NO2Te. The molecule has 3 nitrogen and oxygen atoms in total. The zero-order chi connectivity index (χ0) is 15.4. The maximum atomic E-state index is 12.3. The number of amides is 1. The summed E-state index contributed by atoms with van der Waals surface area (Å²) in [6.07, 6.45) is 0.727. The van der Waals surface area contributed by atoms with E-state index in [1.54, 1.807) is 0 Å². The van der Waals surface area contributed by atoms with Crippen molar-refractivity contribution < 1.29 is 9.53 Å². The van der Waals surface area contributed by atoms with Crippen molar-refractivity contribution in [3.05, 3.63) is 60.2 Å². The average molecular weight is 409 g/mol. The Kier molecular flexibility index (Phi) is 5.02. The van der Waals surface area contributed by atoms with Gasteiger partial charge in [-0.3, -0.25) is 0 Å². The normalized spacial score (nSPS) is 16.4. The second kappa shape index (κ2) is 7.17. The molecule has 0 saturated carbocycles. The van der Waals surface area contributed by atoms with Crippen LogP contribution < -0.4 is 8.51 Å². The minimum absolute atomic E-state index is 0.210. The summed E-state index contributed by atoms with van der Waals surface area (Å²) in [7, 11) is 0. The molecule has 1 aliphatic heterocycles. The Morgan fingerprint density at radius 2 is 1.91 bits per heavy atom. The number of rotatable bonds is 4. The second-order valence-electron chi connectivity index (χ2n) is 5.18. The number of benzene rings is 2. The van der Waals surface area contributed by atoms with Crippen LogP contribution in [0.1, 0.15) is 12.5 Å². The molecule has 4 heteroatoms. The fourth-order valence-electron chi connectivity index (χ4n) is 2.74. The third-order valence-corrected chi connectivity index (χ3v) is 7.02. The summed E-state index contributed by atoms with van der Waals surface area (Å²) in [6, 6.07) is 19.0. The third kappa shape index (κ3) is 3.29. The van der Waals surface area contributed by atoms with E-state index in [1.807, 2.05) is 36.1 Å². The summed E-state index contributed by atoms with van der Waals surface area (Å²) in [5.41, 5.74) is 2.27. The van der Waals surface area contributed by atoms with Crippen molar-refractivity contribution in [2.45, 2.75) is 23.9 Å². The van der Waals surface area contributed by atoms with Gasteiger partial charge in [-0.2, -0.15) is 0 Å². The van der Waals surface area contributed by atoms with Gasteiger partial charge in [-0.1, -0.05) is 0 Å². The zero-order valence-electron chi connectivity index (χ0n) is 12.6. The minimum atomic E-state index is -0.297. The number of hydrogen-bond acceptors (Lipinski definition) is 2. The predicted octanol–water partition coefficient (Wildman–Crippen LogP) is 3.02. The van der Waals surface area contributed by atoms with Crippen molar-refractivity contribution in [3.8, 4) is 0 Å². The van der Waals surface area contributed by atoms with Crippen LogP contribution in [0.25, 0.3) is 0 Å². The monoisotopic (exact) mass is 411 g/mol. The van der Waals surface area contributed by atoms with E-state index in [1.165, 1.54) is 9.17 Å². The molecule has 1 amide bonds. The Balaban J connectivity index is 1.76. The Bertz CT molecular complexity index is 645. The van der Waals surface area contributed by atoms with Gasteiger partial charge in [0.25, 0.3) is 0 Å². The number of para-hydroxylation sites is 1. The molecule has 1 heterocycles. The quantitative estimate of drug-likeness (QED) is 0.728. The van der Waals surface area contributed by atoms with Crippen LogP contribution >= 0.6 is 0 Å². The summed E-state index contributed by atoms with van der Waals surface area (Å²) in [4.78, 5) is 14.2. The number of fused-ring (bicyclic) bond motifs is 1. The molecule has 0 aliphatic carbocycles. The van der Waals surface area contributed by atoms with Crippen molar-refractivity contribution in [2.75, 3.05) is 11.5 Å². The van der Waals surface area contributed by atoms with Crippen molar-refractivity contribution in [1.82, 2.24) is 0 Å². The van der Waals surface area contributed by atoms with E-state index in [0.29, 0.717) is 6.61 Å². The van der Waals surface area contributed by atoms with Gasteiger partial charge < -0.3 is 0 Å². The standard InChI is InChI=1S/C18H19NO2Te/c1-2-21-18(20)19-15(12-14-8-6-7-11-17(14)19)13-22-16-9-4-3-5-10-16/h3-11,15H,2,12-13H2,1H3. The first-order valence-corrected chi connectivity index (χ1v) is 10.3. The molecule has 0 spiro atoms. The summed E-state index contributed by atoms with van der Waals surface area (Å²) in [6.45, 7) is 2.27. The fourth-order valence-corrected chi connectivity index (χ4v) is 5.60. The molecule has 1 atom stereocenters. The molecule has 1 aliphatic rings. The van der Waals surface area contributed by atoms with Gasteiger partial charge in [0.2, 0.25) is 0 Å². The first-order chi connectivity index (χ1) is 10.8. The van der Waals surface area contributed by atoms with Crippen LogP contribution in [0.15, 0.2) is 54.6 Å². The van der Waals surface area contributed by atoms with Crippen LogP contribution in [0.5, 0.6) is 0 Å². The van der Waals surface area contributed by atoms with Crippen LogP contribution in [0.2, 0.25) is 4.47 Å². The van der Waals surface area contributed by atoms with E-state index in [-0.39, 0.29) is 33.1 Å². The molecule has 0 saturated heterocycles. The van der Waals surface area contributed by atoms with E-state index in [0.717, 1.165) is 16.6 Å². The Labute approximate surface area is 141 Å². The molecule has 3 rings (SSSR count). The molecule has 0 N–H and O–H groups in total. The molecule has 0 fully saturated rings. The van der Waals surface area contributed by atoms with E-state index < -0.39 is 0 Å². The molecule has 114 valence electrons. The van der Waals surface area contributed by atoms with Crippen LogP contribution in [0.3, 0.4) is 0 Å². The Morgan fingerprint density at radius 1 is 1.18 bits per heavy atom. The summed E-state index contributed by atoms with van der Waals surface area (Å²) in [5.74, 6) is 0. The van der Waals surface area contributed by atoms with Crippen molar-refractivity contribution >= 4 is 36.3 Å². The topological polar surface area (TPSA) is 29.5 Å². The van der Waals surface area contributed by atoms with Crippen molar-refractivity contribution in [2.24, 2.45) is 0 Å². The summed E-state index contributed by atoms with van der Waals surface area (Å²) in [5, 5.41) is 0. The predicted molar refractivity (Wildman–Crippen MR) is 90.1 cm³/mol. The Morgan fingerprint density at radius 3 is 2.68 bits per heavy atom. The fraction of sp³-hybridized carbons (Fsp3) is 0.278. The second-order valence-corrected chi connectivity index (χ2v) is 8.30. The molecule has 0 aromatic heterocycles. The van der Waals surface area contributed by atoms with Gasteiger partial charge in [-0.15, -0.1) is 0 Å². The molecule has 0 bridgehead atoms. The van der Waals surface area contributed by atoms with Gasteiger partial charge in [0.1, 0.15) is 0 Å². The molecule has 1 unspecified atom stereocenters. The van der Waals surface area contributed by atoms with Gasteiger partial charge in [0.05, 0.1) is 0 Å².